The van der Waals surface area contributed by atoms with E-state index in [1.165, 1.54) is 12.1 Å². The number of hydrogen-bond acceptors (Lipinski definition) is 3. The van der Waals surface area contributed by atoms with Gasteiger partial charge in [-0.1, -0.05) is 17.7 Å². The van der Waals surface area contributed by atoms with Crippen LogP contribution in [0.4, 0.5) is 0 Å². The highest BCUT2D eigenvalue weighted by molar-refractivity contribution is 7.84. The van der Waals surface area contributed by atoms with Crippen LogP contribution < -0.4 is 5.73 Å². The number of rotatable bonds is 6. The van der Waals surface area contributed by atoms with E-state index < -0.39 is 22.7 Å². The second kappa shape index (κ2) is 6.51. The van der Waals surface area contributed by atoms with Crippen LogP contribution in [0.1, 0.15) is 22.3 Å². The first-order valence-corrected chi connectivity index (χ1v) is 6.91. The van der Waals surface area contributed by atoms with Crippen molar-refractivity contribution in [2.24, 2.45) is 5.73 Å². The number of hydrogen-bond donors (Lipinski definition) is 2. The minimum atomic E-state index is -1.30. The minimum absolute atomic E-state index is 0.0727. The monoisotopic (exact) mass is 289 g/mol. The van der Waals surface area contributed by atoms with Crippen molar-refractivity contribution in [3.05, 3.63) is 34.3 Å². The molecule has 0 spiro atoms. The molecule has 18 heavy (non-hydrogen) atoms. The van der Waals surface area contributed by atoms with Gasteiger partial charge in [0.2, 0.25) is 5.91 Å². The number of nitrogens with two attached hydrogens (primary N) is 1. The van der Waals surface area contributed by atoms with Crippen molar-refractivity contribution in [1.82, 2.24) is 0 Å². The quantitative estimate of drug-likeness (QED) is 0.821. The SMILES string of the molecule is NC(=O)c1ccc(CS(=O)CCC(=O)O)c(Cl)c1. The van der Waals surface area contributed by atoms with E-state index in [0.29, 0.717) is 10.6 Å². The maximum Gasteiger partial charge on any atom is 0.304 e. The molecule has 0 saturated carbocycles. The predicted molar refractivity (Wildman–Crippen MR) is 68.9 cm³/mol. The Morgan fingerprint density at radius 2 is 2.06 bits per heavy atom. The summed E-state index contributed by atoms with van der Waals surface area (Å²) in [6.07, 6.45) is -0.149. The van der Waals surface area contributed by atoms with Crippen molar-refractivity contribution in [3.63, 3.8) is 0 Å². The van der Waals surface area contributed by atoms with Gasteiger partial charge < -0.3 is 10.8 Å². The molecular formula is C11H12ClNO4S. The molecule has 0 bridgehead atoms. The fourth-order valence-electron chi connectivity index (χ4n) is 1.26. The topological polar surface area (TPSA) is 97.5 Å². The van der Waals surface area contributed by atoms with Gasteiger partial charge in [-0.3, -0.25) is 13.8 Å². The van der Waals surface area contributed by atoms with Crippen molar-refractivity contribution < 1.29 is 18.9 Å². The van der Waals surface area contributed by atoms with Gasteiger partial charge in [-0.25, -0.2) is 0 Å². The fourth-order valence-corrected chi connectivity index (χ4v) is 2.74. The molecule has 7 heteroatoms. The first kappa shape index (κ1) is 14.7. The van der Waals surface area contributed by atoms with Crippen molar-refractivity contribution in [2.45, 2.75) is 12.2 Å². The normalized spacial score (nSPS) is 12.1. The van der Waals surface area contributed by atoms with Crippen LogP contribution in [-0.4, -0.2) is 26.9 Å². The molecule has 0 aliphatic rings. The zero-order valence-electron chi connectivity index (χ0n) is 9.39. The highest BCUT2D eigenvalue weighted by Crippen LogP contribution is 2.19. The molecular weight excluding hydrogens is 278 g/mol. The molecule has 1 aromatic rings. The Labute approximate surface area is 111 Å². The molecule has 3 N–H and O–H groups in total. The third-order valence-corrected chi connectivity index (χ3v) is 3.84. The highest BCUT2D eigenvalue weighted by Gasteiger charge is 2.10. The molecule has 5 nitrogen and oxygen atoms in total. The van der Waals surface area contributed by atoms with Gasteiger partial charge in [-0.05, 0) is 17.7 Å². The molecule has 0 heterocycles. The molecule has 1 unspecified atom stereocenters. The molecule has 0 aromatic heterocycles. The van der Waals surface area contributed by atoms with Crippen molar-refractivity contribution >= 4 is 34.3 Å². The maximum atomic E-state index is 11.6. The van der Waals surface area contributed by atoms with Gasteiger partial charge in [-0.2, -0.15) is 0 Å². The van der Waals surface area contributed by atoms with Gasteiger partial charge in [0.1, 0.15) is 0 Å². The Hall–Kier alpha value is -1.40. The van der Waals surface area contributed by atoms with Crippen LogP contribution in [0.5, 0.6) is 0 Å². The Bertz CT molecular complexity index is 504. The van der Waals surface area contributed by atoms with E-state index in [1.807, 2.05) is 0 Å². The summed E-state index contributed by atoms with van der Waals surface area (Å²) < 4.78 is 11.6. The van der Waals surface area contributed by atoms with Gasteiger partial charge in [0.15, 0.2) is 0 Å². The molecule has 1 amide bonds. The highest BCUT2D eigenvalue weighted by atomic mass is 35.5. The van der Waals surface area contributed by atoms with Gasteiger partial charge in [0.05, 0.1) is 12.2 Å². The Morgan fingerprint density at radius 3 is 2.56 bits per heavy atom. The van der Waals surface area contributed by atoms with Gasteiger partial charge >= 0.3 is 5.97 Å². The lowest BCUT2D eigenvalue weighted by molar-refractivity contribution is -0.136. The lowest BCUT2D eigenvalue weighted by Gasteiger charge is -2.05. The minimum Gasteiger partial charge on any atom is -0.481 e. The maximum absolute atomic E-state index is 11.6. The molecule has 98 valence electrons. The van der Waals surface area contributed by atoms with E-state index in [1.54, 1.807) is 6.07 Å². The van der Waals surface area contributed by atoms with Crippen molar-refractivity contribution in [2.75, 3.05) is 5.75 Å². The van der Waals surface area contributed by atoms with Gasteiger partial charge in [0, 0.05) is 27.1 Å². The van der Waals surface area contributed by atoms with E-state index in [9.17, 15) is 13.8 Å². The number of carbonyl (C=O) groups is 2. The summed E-state index contributed by atoms with van der Waals surface area (Å²) in [6.45, 7) is 0. The zero-order valence-corrected chi connectivity index (χ0v) is 11.0. The van der Waals surface area contributed by atoms with Crippen LogP contribution in [0.15, 0.2) is 18.2 Å². The van der Waals surface area contributed by atoms with E-state index in [-0.39, 0.29) is 23.5 Å². The number of primary amides is 1. The zero-order chi connectivity index (χ0) is 13.7. The molecule has 0 fully saturated rings. The van der Waals surface area contributed by atoms with Crippen LogP contribution in [0.2, 0.25) is 5.02 Å². The van der Waals surface area contributed by atoms with Gasteiger partial charge in [-0.15, -0.1) is 0 Å². The first-order valence-electron chi connectivity index (χ1n) is 5.05. The first-order chi connectivity index (χ1) is 8.40. The second-order valence-corrected chi connectivity index (χ2v) is 5.59. The van der Waals surface area contributed by atoms with E-state index in [4.69, 9.17) is 22.4 Å². The lowest BCUT2D eigenvalue weighted by Crippen LogP contribution is -2.11. The van der Waals surface area contributed by atoms with Crippen LogP contribution >= 0.6 is 11.6 Å². The summed E-state index contributed by atoms with van der Waals surface area (Å²) in [4.78, 5) is 21.2. The largest absolute Gasteiger partial charge is 0.481 e. The predicted octanol–water partition coefficient (Wildman–Crippen LogP) is 1.16. The second-order valence-electron chi connectivity index (χ2n) is 3.60. The third-order valence-electron chi connectivity index (χ3n) is 2.20. The summed E-state index contributed by atoms with van der Waals surface area (Å²) in [5, 5.41) is 8.77. The number of carboxylic acids is 1. The number of aliphatic carboxylic acids is 1. The van der Waals surface area contributed by atoms with E-state index in [0.717, 1.165) is 0 Å². The molecule has 0 saturated heterocycles. The van der Waals surface area contributed by atoms with Gasteiger partial charge in [0.25, 0.3) is 0 Å². The number of carboxylic acid groups (broad SMARTS) is 1. The molecule has 1 aromatic carbocycles. The number of carbonyl (C=O) groups excluding carboxylic acids is 1. The van der Waals surface area contributed by atoms with Crippen LogP contribution in [0, 0.1) is 0 Å². The summed E-state index contributed by atoms with van der Waals surface area (Å²) >= 11 is 5.92. The Kier molecular flexibility index (Phi) is 5.30. The smallest absolute Gasteiger partial charge is 0.304 e. The fraction of sp³-hybridized carbons (Fsp3) is 0.273. The Balaban J connectivity index is 2.70. The van der Waals surface area contributed by atoms with E-state index >= 15 is 0 Å². The molecule has 0 aliphatic heterocycles. The van der Waals surface area contributed by atoms with Crippen LogP contribution in [0.25, 0.3) is 0 Å². The molecule has 1 rings (SSSR count). The van der Waals surface area contributed by atoms with Crippen molar-refractivity contribution in [3.8, 4) is 0 Å². The average molecular weight is 290 g/mol. The standard InChI is InChI=1S/C11H12ClNO4S/c12-9-5-7(11(13)16)1-2-8(9)6-18(17)4-3-10(14)15/h1-2,5H,3-4,6H2,(H2,13,16)(H,14,15). The molecule has 1 atom stereocenters. The van der Waals surface area contributed by atoms with Crippen LogP contribution in [-0.2, 0) is 21.3 Å². The van der Waals surface area contributed by atoms with E-state index in [2.05, 4.69) is 0 Å². The lowest BCUT2D eigenvalue weighted by atomic mass is 10.1. The average Bonchev–Trinajstić information content (AvgIpc) is 2.29. The summed E-state index contributed by atoms with van der Waals surface area (Å²) in [5.41, 5.74) is 5.97. The Morgan fingerprint density at radius 1 is 1.39 bits per heavy atom. The number of benzene rings is 1. The summed E-state index contributed by atoms with van der Waals surface area (Å²) in [6, 6.07) is 4.48. The summed E-state index contributed by atoms with van der Waals surface area (Å²) in [5.74, 6) is -1.34. The number of amides is 1. The third kappa shape index (κ3) is 4.46. The summed E-state index contributed by atoms with van der Waals surface area (Å²) in [7, 11) is -1.30. The molecule has 0 radical (unpaired) electrons. The van der Waals surface area contributed by atoms with Crippen molar-refractivity contribution in [1.29, 1.82) is 0 Å². The number of halogens is 1. The van der Waals surface area contributed by atoms with Crippen LogP contribution in [0.3, 0.4) is 0 Å². The molecule has 0 aliphatic carbocycles.